The van der Waals surface area contributed by atoms with Crippen LogP contribution in [-0.2, 0) is 25.7 Å². The summed E-state index contributed by atoms with van der Waals surface area (Å²) in [6.45, 7) is 4.34. The van der Waals surface area contributed by atoms with Crippen LogP contribution in [0.15, 0.2) is 30.3 Å². The second-order valence-corrected chi connectivity index (χ2v) is 5.12. The molecule has 0 unspecified atom stereocenters. The number of carbonyl (C=O) groups excluding carboxylic acids is 3. The number of nitrogens with one attached hydrogen (secondary N) is 2. The minimum Gasteiger partial charge on any atom is -0.460 e. The summed E-state index contributed by atoms with van der Waals surface area (Å²) in [6.07, 6.45) is -0.328. The first-order valence-corrected chi connectivity index (χ1v) is 7.23. The highest BCUT2D eigenvalue weighted by atomic mass is 16.5. The highest BCUT2D eigenvalue weighted by molar-refractivity contribution is 5.94. The summed E-state index contributed by atoms with van der Waals surface area (Å²) >= 11 is 0. The van der Waals surface area contributed by atoms with Crippen LogP contribution in [-0.4, -0.2) is 30.9 Å². The van der Waals surface area contributed by atoms with Crippen molar-refractivity contribution in [3.05, 3.63) is 35.9 Å². The first-order chi connectivity index (χ1) is 10.5. The number of rotatable bonds is 8. The molecule has 0 bridgehead atoms. The summed E-state index contributed by atoms with van der Waals surface area (Å²) in [5, 5.41) is 5.22. The van der Waals surface area contributed by atoms with Crippen LogP contribution in [0.1, 0.15) is 25.8 Å². The van der Waals surface area contributed by atoms with E-state index in [1.54, 1.807) is 13.8 Å². The topological polar surface area (TPSA) is 84.5 Å². The summed E-state index contributed by atoms with van der Waals surface area (Å²) in [7, 11) is 0. The maximum Gasteiger partial charge on any atom is 0.315 e. The molecular weight excluding hydrogens is 284 g/mol. The first-order valence-electron chi connectivity index (χ1n) is 7.23. The Balaban J connectivity index is 2.14. The van der Waals surface area contributed by atoms with Crippen molar-refractivity contribution in [2.24, 2.45) is 5.92 Å². The quantitative estimate of drug-likeness (QED) is 0.426. The van der Waals surface area contributed by atoms with Crippen LogP contribution in [0.5, 0.6) is 0 Å². The minimum atomic E-state index is -0.576. The molecule has 0 aliphatic heterocycles. The molecule has 0 heterocycles. The molecule has 0 fully saturated rings. The molecule has 2 N–H and O–H groups in total. The Kier molecular flexibility index (Phi) is 7.67. The predicted molar refractivity (Wildman–Crippen MR) is 81.7 cm³/mol. The first kappa shape index (κ1) is 17.7. The zero-order valence-electron chi connectivity index (χ0n) is 12.9. The molecule has 0 aliphatic carbocycles. The molecule has 6 nitrogen and oxygen atoms in total. The van der Waals surface area contributed by atoms with Crippen LogP contribution in [0.25, 0.3) is 0 Å². The van der Waals surface area contributed by atoms with Crippen molar-refractivity contribution in [3.63, 3.8) is 0 Å². The molecular formula is C16H22N2O4. The van der Waals surface area contributed by atoms with E-state index in [2.05, 4.69) is 10.6 Å². The van der Waals surface area contributed by atoms with Crippen LogP contribution in [0, 0.1) is 5.92 Å². The molecule has 0 spiro atoms. The van der Waals surface area contributed by atoms with Gasteiger partial charge in [0.25, 0.3) is 0 Å². The Morgan fingerprint density at radius 1 is 1.05 bits per heavy atom. The van der Waals surface area contributed by atoms with Gasteiger partial charge in [-0.05, 0) is 5.56 Å². The third-order valence-electron chi connectivity index (χ3n) is 2.82. The highest BCUT2D eigenvalue weighted by Gasteiger charge is 2.11. The van der Waals surface area contributed by atoms with Gasteiger partial charge < -0.3 is 15.4 Å². The molecule has 6 heteroatoms. The van der Waals surface area contributed by atoms with Crippen molar-refractivity contribution in [2.45, 2.75) is 26.9 Å². The number of hydrogen-bond acceptors (Lipinski definition) is 4. The van der Waals surface area contributed by atoms with Gasteiger partial charge in [-0.2, -0.15) is 0 Å². The summed E-state index contributed by atoms with van der Waals surface area (Å²) in [5.41, 5.74) is 0.868. The van der Waals surface area contributed by atoms with Crippen molar-refractivity contribution >= 4 is 17.8 Å². The average Bonchev–Trinajstić information content (AvgIpc) is 2.50. The molecule has 0 aromatic heterocycles. The van der Waals surface area contributed by atoms with Gasteiger partial charge in [-0.1, -0.05) is 44.2 Å². The second kappa shape index (κ2) is 9.55. The van der Waals surface area contributed by atoms with Gasteiger partial charge in [0.15, 0.2) is 0 Å². The maximum absolute atomic E-state index is 11.5. The third kappa shape index (κ3) is 7.42. The lowest BCUT2D eigenvalue weighted by molar-refractivity contribution is -0.147. The molecule has 0 radical (unpaired) electrons. The number of amides is 2. The molecule has 2 amide bonds. The molecule has 22 heavy (non-hydrogen) atoms. The van der Waals surface area contributed by atoms with Crippen LogP contribution in [0.4, 0.5) is 0 Å². The minimum absolute atomic E-state index is 0.0727. The lowest BCUT2D eigenvalue weighted by Gasteiger charge is -2.09. The smallest absolute Gasteiger partial charge is 0.315 e. The Bertz CT molecular complexity index is 500. The van der Waals surface area contributed by atoms with E-state index in [1.165, 1.54) is 0 Å². The van der Waals surface area contributed by atoms with E-state index >= 15 is 0 Å². The fourth-order valence-electron chi connectivity index (χ4n) is 1.57. The lowest BCUT2D eigenvalue weighted by atomic mass is 10.2. The van der Waals surface area contributed by atoms with Gasteiger partial charge in [0.05, 0.1) is 0 Å². The van der Waals surface area contributed by atoms with Crippen molar-refractivity contribution in [1.29, 1.82) is 0 Å². The fourth-order valence-corrected chi connectivity index (χ4v) is 1.57. The summed E-state index contributed by atoms with van der Waals surface area (Å²) in [6, 6.07) is 9.25. The van der Waals surface area contributed by atoms with Gasteiger partial charge >= 0.3 is 5.97 Å². The summed E-state index contributed by atoms with van der Waals surface area (Å²) in [4.78, 5) is 34.3. The molecule has 0 atom stereocenters. The van der Waals surface area contributed by atoms with E-state index in [0.29, 0.717) is 6.54 Å². The van der Waals surface area contributed by atoms with E-state index in [4.69, 9.17) is 4.74 Å². The van der Waals surface area contributed by atoms with Crippen LogP contribution < -0.4 is 10.6 Å². The molecule has 1 rings (SSSR count). The van der Waals surface area contributed by atoms with Crippen LogP contribution >= 0.6 is 0 Å². The Morgan fingerprint density at radius 2 is 1.68 bits per heavy atom. The highest BCUT2D eigenvalue weighted by Crippen LogP contribution is 2.01. The van der Waals surface area contributed by atoms with Gasteiger partial charge in [0.1, 0.15) is 13.0 Å². The third-order valence-corrected chi connectivity index (χ3v) is 2.82. The zero-order chi connectivity index (χ0) is 16.4. The Labute approximate surface area is 130 Å². The standard InChI is InChI=1S/C16H22N2O4/c1-12(2)16(21)18-9-8-17-14(19)10-15(20)22-11-13-6-4-3-5-7-13/h3-7,12H,8-11H2,1-2H3,(H,17,19)(H,18,21). The molecule has 0 saturated heterocycles. The lowest BCUT2D eigenvalue weighted by Crippen LogP contribution is -2.37. The molecule has 1 aromatic carbocycles. The van der Waals surface area contributed by atoms with Crippen molar-refractivity contribution < 1.29 is 19.1 Å². The average molecular weight is 306 g/mol. The van der Waals surface area contributed by atoms with Gasteiger partial charge in [0.2, 0.25) is 11.8 Å². The van der Waals surface area contributed by atoms with E-state index in [0.717, 1.165) is 5.56 Å². The number of benzene rings is 1. The number of hydrogen-bond donors (Lipinski definition) is 2. The molecule has 0 saturated carbocycles. The monoisotopic (exact) mass is 306 g/mol. The normalized spacial score (nSPS) is 10.1. The zero-order valence-corrected chi connectivity index (χ0v) is 12.9. The number of esters is 1. The van der Waals surface area contributed by atoms with Gasteiger partial charge in [-0.3, -0.25) is 14.4 Å². The summed E-state index contributed by atoms with van der Waals surface area (Å²) < 4.78 is 5.01. The Morgan fingerprint density at radius 3 is 2.32 bits per heavy atom. The van der Waals surface area contributed by atoms with Crippen molar-refractivity contribution in [3.8, 4) is 0 Å². The Hall–Kier alpha value is -2.37. The predicted octanol–water partition coefficient (Wildman–Crippen LogP) is 1.01. The van der Waals surface area contributed by atoms with Crippen molar-refractivity contribution in [2.75, 3.05) is 13.1 Å². The van der Waals surface area contributed by atoms with Crippen LogP contribution in [0.2, 0.25) is 0 Å². The van der Waals surface area contributed by atoms with Crippen LogP contribution in [0.3, 0.4) is 0 Å². The number of ether oxygens (including phenoxy) is 1. The molecule has 0 aliphatic rings. The second-order valence-electron chi connectivity index (χ2n) is 5.12. The van der Waals surface area contributed by atoms with Gasteiger partial charge in [-0.25, -0.2) is 0 Å². The van der Waals surface area contributed by atoms with Crippen molar-refractivity contribution in [1.82, 2.24) is 10.6 Å². The van der Waals surface area contributed by atoms with E-state index in [-0.39, 0.29) is 31.4 Å². The summed E-state index contributed by atoms with van der Waals surface area (Å²) in [5.74, 6) is -1.16. The van der Waals surface area contributed by atoms with Gasteiger partial charge in [0, 0.05) is 19.0 Å². The van der Waals surface area contributed by atoms with Gasteiger partial charge in [-0.15, -0.1) is 0 Å². The molecule has 1 aromatic rings. The van der Waals surface area contributed by atoms with E-state index in [1.807, 2.05) is 30.3 Å². The maximum atomic E-state index is 11.5. The van der Waals surface area contributed by atoms with E-state index < -0.39 is 11.9 Å². The number of carbonyl (C=O) groups is 3. The SMILES string of the molecule is CC(C)C(=O)NCCNC(=O)CC(=O)OCc1ccccc1. The fraction of sp³-hybridized carbons (Fsp3) is 0.438. The van der Waals surface area contributed by atoms with E-state index in [9.17, 15) is 14.4 Å². The molecule has 120 valence electrons. The largest absolute Gasteiger partial charge is 0.460 e.